The molecule has 0 unspecified atom stereocenters. The van der Waals surface area contributed by atoms with Gasteiger partial charge in [0.1, 0.15) is 0 Å². The fourth-order valence-electron chi connectivity index (χ4n) is 1.23. The summed E-state index contributed by atoms with van der Waals surface area (Å²) in [5.41, 5.74) is 0.608. The van der Waals surface area contributed by atoms with Gasteiger partial charge >= 0.3 is 11.9 Å². The highest BCUT2D eigenvalue weighted by Crippen LogP contribution is 2.27. The van der Waals surface area contributed by atoms with Gasteiger partial charge in [-0.3, -0.25) is 4.79 Å². The van der Waals surface area contributed by atoms with Crippen LogP contribution in [0.3, 0.4) is 0 Å². The van der Waals surface area contributed by atoms with Crippen LogP contribution in [-0.2, 0) is 14.3 Å². The average molecular weight is 250 g/mol. The number of carbonyl (C=O) groups excluding carboxylic acids is 2. The van der Waals surface area contributed by atoms with Gasteiger partial charge in [0, 0.05) is 13.0 Å². The molecule has 1 N–H and O–H groups in total. The third kappa shape index (κ3) is 4.29. The number of hydrogen-bond donors (Lipinski definition) is 1. The predicted octanol–water partition coefficient (Wildman–Crippen LogP) is 1.89. The number of benzene rings is 1. The molecule has 0 heterocycles. The summed E-state index contributed by atoms with van der Waals surface area (Å²) in [5, 5.41) is 9.45. The van der Waals surface area contributed by atoms with E-state index in [1.165, 1.54) is 31.2 Å². The molecule has 0 saturated carbocycles. The quantitative estimate of drug-likeness (QED) is 0.502. The molecule has 1 aromatic rings. The SMILES string of the molecule is CCOC(=O)/C=C/c1ccc(O)c(OC(C)=O)c1. The van der Waals surface area contributed by atoms with Gasteiger partial charge in [0.15, 0.2) is 11.5 Å². The zero-order valence-electron chi connectivity index (χ0n) is 10.2. The fraction of sp³-hybridized carbons (Fsp3) is 0.231. The molecule has 0 aliphatic carbocycles. The topological polar surface area (TPSA) is 72.8 Å². The third-order valence-corrected chi connectivity index (χ3v) is 1.94. The van der Waals surface area contributed by atoms with Crippen molar-refractivity contribution in [2.45, 2.75) is 13.8 Å². The van der Waals surface area contributed by atoms with Gasteiger partial charge in [-0.2, -0.15) is 0 Å². The Morgan fingerprint density at radius 3 is 2.72 bits per heavy atom. The van der Waals surface area contributed by atoms with Gasteiger partial charge in [0.05, 0.1) is 6.61 Å². The first-order chi connectivity index (χ1) is 8.52. The number of esters is 2. The van der Waals surface area contributed by atoms with E-state index in [2.05, 4.69) is 0 Å². The molecule has 1 rings (SSSR count). The summed E-state index contributed by atoms with van der Waals surface area (Å²) in [7, 11) is 0. The van der Waals surface area contributed by atoms with E-state index in [9.17, 15) is 14.7 Å². The Morgan fingerprint density at radius 2 is 2.11 bits per heavy atom. The molecule has 5 nitrogen and oxygen atoms in total. The first-order valence-corrected chi connectivity index (χ1v) is 5.39. The largest absolute Gasteiger partial charge is 0.504 e. The zero-order valence-corrected chi connectivity index (χ0v) is 10.2. The van der Waals surface area contributed by atoms with Gasteiger partial charge in [0.25, 0.3) is 0 Å². The average Bonchev–Trinajstić information content (AvgIpc) is 2.30. The molecule has 0 atom stereocenters. The molecule has 0 spiro atoms. The van der Waals surface area contributed by atoms with Crippen LogP contribution in [0.5, 0.6) is 11.5 Å². The van der Waals surface area contributed by atoms with Gasteiger partial charge in [-0.25, -0.2) is 4.79 Å². The van der Waals surface area contributed by atoms with E-state index in [1.807, 2.05) is 0 Å². The summed E-state index contributed by atoms with van der Waals surface area (Å²) in [4.78, 5) is 21.9. The number of phenolic OH excluding ortho intramolecular Hbond substituents is 1. The Morgan fingerprint density at radius 1 is 1.39 bits per heavy atom. The normalized spacial score (nSPS) is 10.3. The van der Waals surface area contributed by atoms with Crippen LogP contribution in [0.4, 0.5) is 0 Å². The van der Waals surface area contributed by atoms with Crippen LogP contribution in [0.1, 0.15) is 19.4 Å². The van der Waals surface area contributed by atoms with Crippen molar-refractivity contribution >= 4 is 18.0 Å². The van der Waals surface area contributed by atoms with Crippen LogP contribution in [-0.4, -0.2) is 23.7 Å². The summed E-state index contributed by atoms with van der Waals surface area (Å²) in [6.45, 7) is 3.25. The highest BCUT2D eigenvalue weighted by Gasteiger charge is 2.05. The molecule has 0 aliphatic heterocycles. The fourth-order valence-corrected chi connectivity index (χ4v) is 1.23. The van der Waals surface area contributed by atoms with Crippen molar-refractivity contribution in [2.75, 3.05) is 6.61 Å². The molecule has 0 amide bonds. The van der Waals surface area contributed by atoms with E-state index in [1.54, 1.807) is 13.0 Å². The second-order valence-electron chi connectivity index (χ2n) is 3.41. The number of hydrogen-bond acceptors (Lipinski definition) is 5. The van der Waals surface area contributed by atoms with Crippen LogP contribution >= 0.6 is 0 Å². The number of ether oxygens (including phenoxy) is 2. The molecule has 0 aromatic heterocycles. The number of aromatic hydroxyl groups is 1. The molecule has 1 aromatic carbocycles. The van der Waals surface area contributed by atoms with Crippen LogP contribution < -0.4 is 4.74 Å². The lowest BCUT2D eigenvalue weighted by Crippen LogP contribution is -2.01. The van der Waals surface area contributed by atoms with Crippen molar-refractivity contribution in [1.29, 1.82) is 0 Å². The molecule has 0 fully saturated rings. The summed E-state index contributed by atoms with van der Waals surface area (Å²) in [5.74, 6) is -1.08. The maximum absolute atomic E-state index is 11.1. The Bertz CT molecular complexity index is 476. The minimum atomic E-state index is -0.531. The lowest BCUT2D eigenvalue weighted by molar-refractivity contribution is -0.137. The van der Waals surface area contributed by atoms with Crippen molar-refractivity contribution < 1.29 is 24.2 Å². The van der Waals surface area contributed by atoms with Crippen molar-refractivity contribution in [2.24, 2.45) is 0 Å². The van der Waals surface area contributed by atoms with Crippen LogP contribution in [0.25, 0.3) is 6.08 Å². The number of rotatable bonds is 4. The Balaban J connectivity index is 2.84. The lowest BCUT2D eigenvalue weighted by atomic mass is 10.2. The molecule has 96 valence electrons. The Hall–Kier alpha value is -2.30. The summed E-state index contributed by atoms with van der Waals surface area (Å²) in [6, 6.07) is 4.41. The van der Waals surface area contributed by atoms with Crippen LogP contribution in [0, 0.1) is 0 Å². The monoisotopic (exact) mass is 250 g/mol. The van der Waals surface area contributed by atoms with Gasteiger partial charge in [0.2, 0.25) is 0 Å². The molecule has 5 heteroatoms. The Labute approximate surface area is 105 Å². The Kier molecular flexibility index (Phi) is 4.92. The maximum Gasteiger partial charge on any atom is 0.330 e. The van der Waals surface area contributed by atoms with Crippen molar-refractivity contribution in [3.8, 4) is 11.5 Å². The zero-order chi connectivity index (χ0) is 13.5. The minimum absolute atomic E-state index is 0.0495. The third-order valence-electron chi connectivity index (χ3n) is 1.94. The predicted molar refractivity (Wildman–Crippen MR) is 65.1 cm³/mol. The van der Waals surface area contributed by atoms with E-state index >= 15 is 0 Å². The molecule has 0 bridgehead atoms. The van der Waals surface area contributed by atoms with Gasteiger partial charge in [-0.05, 0) is 30.7 Å². The molecule has 0 aliphatic rings. The summed E-state index contributed by atoms with van der Waals surface area (Å²) >= 11 is 0. The maximum atomic E-state index is 11.1. The number of phenols is 1. The number of carbonyl (C=O) groups is 2. The minimum Gasteiger partial charge on any atom is -0.504 e. The van der Waals surface area contributed by atoms with E-state index in [-0.39, 0.29) is 11.5 Å². The van der Waals surface area contributed by atoms with E-state index < -0.39 is 11.9 Å². The van der Waals surface area contributed by atoms with Crippen molar-refractivity contribution in [3.05, 3.63) is 29.8 Å². The van der Waals surface area contributed by atoms with Crippen molar-refractivity contribution in [3.63, 3.8) is 0 Å². The van der Waals surface area contributed by atoms with E-state index in [0.29, 0.717) is 12.2 Å². The molecule has 0 radical (unpaired) electrons. The van der Waals surface area contributed by atoms with Gasteiger partial charge < -0.3 is 14.6 Å². The molecular weight excluding hydrogens is 236 g/mol. The van der Waals surface area contributed by atoms with Gasteiger partial charge in [-0.15, -0.1) is 0 Å². The smallest absolute Gasteiger partial charge is 0.330 e. The van der Waals surface area contributed by atoms with E-state index in [0.717, 1.165) is 0 Å². The van der Waals surface area contributed by atoms with E-state index in [4.69, 9.17) is 9.47 Å². The lowest BCUT2D eigenvalue weighted by Gasteiger charge is -2.04. The highest BCUT2D eigenvalue weighted by molar-refractivity contribution is 5.87. The summed E-state index contributed by atoms with van der Waals surface area (Å²) < 4.78 is 9.52. The van der Waals surface area contributed by atoms with Crippen LogP contribution in [0.15, 0.2) is 24.3 Å². The second kappa shape index (κ2) is 6.44. The van der Waals surface area contributed by atoms with Gasteiger partial charge in [-0.1, -0.05) is 6.07 Å². The van der Waals surface area contributed by atoms with Crippen LogP contribution in [0.2, 0.25) is 0 Å². The molecular formula is C13H14O5. The highest BCUT2D eigenvalue weighted by atomic mass is 16.5. The molecule has 0 saturated heterocycles. The van der Waals surface area contributed by atoms with Crippen molar-refractivity contribution in [1.82, 2.24) is 0 Å². The standard InChI is InChI=1S/C13H14O5/c1-3-17-13(16)7-5-10-4-6-11(15)12(8-10)18-9(2)14/h4-8,15H,3H2,1-2H3/b7-5+. The first kappa shape index (κ1) is 13.8. The second-order valence-corrected chi connectivity index (χ2v) is 3.41. The summed E-state index contributed by atoms with van der Waals surface area (Å²) in [6.07, 6.45) is 2.76. The molecule has 18 heavy (non-hydrogen) atoms. The first-order valence-electron chi connectivity index (χ1n) is 5.39.